The molecule has 1 aliphatic rings. The number of nitrogens with zero attached hydrogens (tertiary/aromatic N) is 1. The summed E-state index contributed by atoms with van der Waals surface area (Å²) in [7, 11) is 0. The molecular weight excluding hydrogens is 253 g/mol. The van der Waals surface area contributed by atoms with Crippen molar-refractivity contribution in [3.63, 3.8) is 0 Å². The number of nitrogens with one attached hydrogen (secondary N) is 1. The fourth-order valence-corrected chi connectivity index (χ4v) is 2.46. The molecule has 0 bridgehead atoms. The highest BCUT2D eigenvalue weighted by molar-refractivity contribution is 5.38. The Morgan fingerprint density at radius 2 is 1.89 bits per heavy atom. The minimum atomic E-state index is -4.39. The monoisotopic (exact) mass is 268 g/mol. The van der Waals surface area contributed by atoms with Crippen LogP contribution in [0, 0.1) is 17.2 Å². The predicted octanol–water partition coefficient (Wildman–Crippen LogP) is 3.12. The van der Waals surface area contributed by atoms with Crippen LogP contribution in [-0.2, 0) is 12.6 Å². The van der Waals surface area contributed by atoms with Crippen molar-refractivity contribution < 1.29 is 13.2 Å². The molecule has 1 aromatic carbocycles. The molecule has 1 aromatic rings. The molecule has 2 rings (SSSR count). The van der Waals surface area contributed by atoms with Crippen molar-refractivity contribution in [1.82, 2.24) is 5.32 Å². The Hall–Kier alpha value is -1.54. The van der Waals surface area contributed by atoms with Gasteiger partial charge < -0.3 is 5.32 Å². The lowest BCUT2D eigenvalue weighted by atomic mass is 9.90. The lowest BCUT2D eigenvalue weighted by Crippen LogP contribution is -2.28. The van der Waals surface area contributed by atoms with Gasteiger partial charge in [0.1, 0.15) is 0 Å². The summed E-state index contributed by atoms with van der Waals surface area (Å²) in [5.74, 6) is 0.399. The maximum absolute atomic E-state index is 12.7. The van der Waals surface area contributed by atoms with E-state index in [0.29, 0.717) is 17.9 Å². The van der Waals surface area contributed by atoms with Gasteiger partial charge in [0.15, 0.2) is 0 Å². The minimum absolute atomic E-state index is 0.0822. The fraction of sp³-hybridized carbons (Fsp3) is 0.500. The largest absolute Gasteiger partial charge is 0.416 e. The van der Waals surface area contributed by atoms with E-state index in [4.69, 9.17) is 5.26 Å². The Morgan fingerprint density at radius 3 is 2.47 bits per heavy atom. The van der Waals surface area contributed by atoms with Crippen molar-refractivity contribution in [2.24, 2.45) is 5.92 Å². The molecule has 0 atom stereocenters. The number of benzene rings is 1. The molecule has 0 aromatic heterocycles. The Labute approximate surface area is 110 Å². The Morgan fingerprint density at radius 1 is 1.21 bits per heavy atom. The summed E-state index contributed by atoms with van der Waals surface area (Å²) in [6.45, 7) is 1.82. The summed E-state index contributed by atoms with van der Waals surface area (Å²) < 4.78 is 38.2. The summed E-state index contributed by atoms with van der Waals surface area (Å²) in [5.41, 5.74) is -0.0347. The molecule has 1 fully saturated rings. The molecule has 1 N–H and O–H groups in total. The van der Waals surface area contributed by atoms with E-state index in [-0.39, 0.29) is 5.56 Å². The van der Waals surface area contributed by atoms with E-state index in [1.807, 2.05) is 0 Å². The topological polar surface area (TPSA) is 35.8 Å². The Bertz CT molecular complexity index is 482. The van der Waals surface area contributed by atoms with Gasteiger partial charge in [0.05, 0.1) is 17.2 Å². The van der Waals surface area contributed by atoms with Gasteiger partial charge in [-0.15, -0.1) is 0 Å². The second-order valence-corrected chi connectivity index (χ2v) is 4.93. The first kappa shape index (κ1) is 13.9. The van der Waals surface area contributed by atoms with E-state index < -0.39 is 11.7 Å². The molecule has 0 unspecified atom stereocenters. The Balaban J connectivity index is 2.22. The highest BCUT2D eigenvalue weighted by Gasteiger charge is 2.31. The third-order valence-electron chi connectivity index (χ3n) is 3.43. The van der Waals surface area contributed by atoms with Gasteiger partial charge in [-0.1, -0.05) is 0 Å². The highest BCUT2D eigenvalue weighted by Crippen LogP contribution is 2.31. The van der Waals surface area contributed by atoms with Crippen LogP contribution >= 0.6 is 0 Å². The highest BCUT2D eigenvalue weighted by atomic mass is 19.4. The summed E-state index contributed by atoms with van der Waals surface area (Å²) >= 11 is 0. The third-order valence-corrected chi connectivity index (χ3v) is 3.43. The van der Waals surface area contributed by atoms with Crippen LogP contribution in [0.4, 0.5) is 13.2 Å². The summed E-state index contributed by atoms with van der Waals surface area (Å²) in [6, 6.07) is 5.45. The van der Waals surface area contributed by atoms with Gasteiger partial charge >= 0.3 is 6.18 Å². The van der Waals surface area contributed by atoms with Crippen LogP contribution in [-0.4, -0.2) is 13.1 Å². The van der Waals surface area contributed by atoms with E-state index in [2.05, 4.69) is 5.32 Å². The number of piperidine rings is 1. The van der Waals surface area contributed by atoms with Gasteiger partial charge in [0, 0.05) is 0 Å². The van der Waals surface area contributed by atoms with Crippen LogP contribution in [0.5, 0.6) is 0 Å². The zero-order chi connectivity index (χ0) is 13.9. The molecule has 0 amide bonds. The first-order valence-corrected chi connectivity index (χ1v) is 6.31. The average molecular weight is 268 g/mol. The predicted molar refractivity (Wildman–Crippen MR) is 65.5 cm³/mol. The van der Waals surface area contributed by atoms with E-state index in [0.717, 1.165) is 32.0 Å². The van der Waals surface area contributed by atoms with E-state index in [9.17, 15) is 13.2 Å². The second-order valence-electron chi connectivity index (χ2n) is 4.93. The molecule has 19 heavy (non-hydrogen) atoms. The molecule has 1 aliphatic heterocycles. The minimum Gasteiger partial charge on any atom is -0.317 e. The molecule has 1 saturated heterocycles. The molecule has 2 nitrogen and oxygen atoms in total. The molecule has 102 valence electrons. The number of hydrogen-bond acceptors (Lipinski definition) is 2. The Kier molecular flexibility index (Phi) is 4.11. The van der Waals surface area contributed by atoms with Crippen molar-refractivity contribution in [3.8, 4) is 6.07 Å². The first-order chi connectivity index (χ1) is 8.99. The van der Waals surface area contributed by atoms with Crippen LogP contribution in [0.2, 0.25) is 0 Å². The van der Waals surface area contributed by atoms with Crippen molar-refractivity contribution in [1.29, 1.82) is 5.26 Å². The zero-order valence-electron chi connectivity index (χ0n) is 10.4. The number of rotatable bonds is 2. The molecule has 0 saturated carbocycles. The average Bonchev–Trinajstić information content (AvgIpc) is 2.38. The van der Waals surface area contributed by atoms with Crippen LogP contribution in [0.15, 0.2) is 18.2 Å². The molecule has 0 aliphatic carbocycles. The van der Waals surface area contributed by atoms with Crippen LogP contribution in [0.1, 0.15) is 29.5 Å². The van der Waals surface area contributed by atoms with Crippen LogP contribution in [0.25, 0.3) is 0 Å². The number of halogens is 3. The van der Waals surface area contributed by atoms with E-state index in [1.54, 1.807) is 12.1 Å². The number of hydrogen-bond donors (Lipinski definition) is 1. The van der Waals surface area contributed by atoms with Gasteiger partial charge in [0.25, 0.3) is 0 Å². The van der Waals surface area contributed by atoms with Crippen molar-refractivity contribution in [2.75, 3.05) is 13.1 Å². The quantitative estimate of drug-likeness (QED) is 0.894. The maximum atomic E-state index is 12.7. The van der Waals surface area contributed by atoms with Crippen LogP contribution in [0.3, 0.4) is 0 Å². The van der Waals surface area contributed by atoms with Gasteiger partial charge in [-0.25, -0.2) is 0 Å². The second kappa shape index (κ2) is 5.62. The standard InChI is InChI=1S/C14H15F3N2/c15-14(16,17)13-7-11(6-12(8-13)9-18)5-10-1-3-19-4-2-10/h6-8,10,19H,1-5H2. The fourth-order valence-electron chi connectivity index (χ4n) is 2.46. The van der Waals surface area contributed by atoms with Crippen molar-refractivity contribution in [3.05, 3.63) is 34.9 Å². The first-order valence-electron chi connectivity index (χ1n) is 6.31. The van der Waals surface area contributed by atoms with Gasteiger partial charge in [0.2, 0.25) is 0 Å². The molecule has 0 spiro atoms. The summed E-state index contributed by atoms with van der Waals surface area (Å²) in [6.07, 6.45) is -1.84. The zero-order valence-corrected chi connectivity index (χ0v) is 10.4. The van der Waals surface area contributed by atoms with Crippen molar-refractivity contribution in [2.45, 2.75) is 25.4 Å². The van der Waals surface area contributed by atoms with Crippen molar-refractivity contribution >= 4 is 0 Å². The van der Waals surface area contributed by atoms with Gasteiger partial charge in [-0.2, -0.15) is 18.4 Å². The van der Waals surface area contributed by atoms with Gasteiger partial charge in [-0.3, -0.25) is 0 Å². The normalized spacial score (nSPS) is 17.2. The van der Waals surface area contributed by atoms with E-state index in [1.165, 1.54) is 6.07 Å². The molecule has 1 heterocycles. The lowest BCUT2D eigenvalue weighted by molar-refractivity contribution is -0.137. The molecular formula is C14H15F3N2. The summed E-state index contributed by atoms with van der Waals surface area (Å²) in [5, 5.41) is 12.1. The summed E-state index contributed by atoms with van der Waals surface area (Å²) in [4.78, 5) is 0. The maximum Gasteiger partial charge on any atom is 0.416 e. The molecule has 5 heteroatoms. The van der Waals surface area contributed by atoms with E-state index >= 15 is 0 Å². The molecule has 0 radical (unpaired) electrons. The van der Waals surface area contributed by atoms with Crippen LogP contribution < -0.4 is 5.32 Å². The smallest absolute Gasteiger partial charge is 0.317 e. The number of nitriles is 1. The SMILES string of the molecule is N#Cc1cc(CC2CCNCC2)cc(C(F)(F)F)c1. The lowest BCUT2D eigenvalue weighted by Gasteiger charge is -2.23. The third kappa shape index (κ3) is 3.71. The van der Waals surface area contributed by atoms with Gasteiger partial charge in [-0.05, 0) is 62.0 Å². The number of alkyl halides is 3.